The predicted octanol–water partition coefficient (Wildman–Crippen LogP) is 7.15. The fourth-order valence-corrected chi connectivity index (χ4v) is 6.57. The van der Waals surface area contributed by atoms with Gasteiger partial charge in [-0.2, -0.15) is 0 Å². The van der Waals surface area contributed by atoms with Gasteiger partial charge in [-0.1, -0.05) is 61.3 Å². The zero-order chi connectivity index (χ0) is 24.9. The van der Waals surface area contributed by atoms with Gasteiger partial charge in [0.15, 0.2) is 0 Å². The predicted molar refractivity (Wildman–Crippen MR) is 143 cm³/mol. The third-order valence-corrected chi connectivity index (χ3v) is 8.75. The van der Waals surface area contributed by atoms with Crippen LogP contribution in [0.2, 0.25) is 10.0 Å². The van der Waals surface area contributed by atoms with Crippen LogP contribution in [0.1, 0.15) is 79.5 Å². The zero-order valence-corrected chi connectivity index (χ0v) is 22.1. The van der Waals surface area contributed by atoms with Gasteiger partial charge in [-0.05, 0) is 92.9 Å². The summed E-state index contributed by atoms with van der Waals surface area (Å²) < 4.78 is 0. The number of carbonyl (C=O) groups is 2. The summed E-state index contributed by atoms with van der Waals surface area (Å²) in [6.07, 6.45) is 7.85. The third kappa shape index (κ3) is 6.59. The molecule has 6 atom stereocenters. The molecule has 0 aliphatic heterocycles. The summed E-state index contributed by atoms with van der Waals surface area (Å²) in [5.74, 6) is 2.15. The molecule has 2 aliphatic rings. The van der Waals surface area contributed by atoms with Crippen molar-refractivity contribution in [2.45, 2.75) is 70.9 Å². The SMILES string of the molecule is C[C@@H]1C[C@H](C[C@@H]2CC[C@@H](NC(=O)c3ccccc3Cl)[C@H](C)C2)CC[C@@H]1NC(=O)c1ccccc1Cl. The van der Waals surface area contributed by atoms with E-state index >= 15 is 0 Å². The van der Waals surface area contributed by atoms with Crippen LogP contribution in [0.3, 0.4) is 0 Å². The number of hydrogen-bond acceptors (Lipinski definition) is 2. The molecule has 2 fully saturated rings. The van der Waals surface area contributed by atoms with E-state index < -0.39 is 0 Å². The molecular formula is C29H36Cl2N2O2. The highest BCUT2D eigenvalue weighted by molar-refractivity contribution is 6.34. The Balaban J connectivity index is 1.23. The van der Waals surface area contributed by atoms with Crippen molar-refractivity contribution in [1.29, 1.82) is 0 Å². The van der Waals surface area contributed by atoms with Crippen molar-refractivity contribution >= 4 is 35.0 Å². The zero-order valence-electron chi connectivity index (χ0n) is 20.6. The van der Waals surface area contributed by atoms with E-state index in [-0.39, 0.29) is 23.9 Å². The fourth-order valence-electron chi connectivity index (χ4n) is 6.13. The topological polar surface area (TPSA) is 58.2 Å². The summed E-state index contributed by atoms with van der Waals surface area (Å²) in [6, 6.07) is 14.9. The number of carbonyl (C=O) groups excluding carboxylic acids is 2. The lowest BCUT2D eigenvalue weighted by Crippen LogP contribution is -2.44. The van der Waals surface area contributed by atoms with Crippen LogP contribution in [0.5, 0.6) is 0 Å². The van der Waals surface area contributed by atoms with Gasteiger partial charge in [0, 0.05) is 12.1 Å². The Labute approximate surface area is 219 Å². The lowest BCUT2D eigenvalue weighted by molar-refractivity contribution is 0.0869. The van der Waals surface area contributed by atoms with Crippen LogP contribution in [0.25, 0.3) is 0 Å². The van der Waals surface area contributed by atoms with Crippen LogP contribution < -0.4 is 10.6 Å². The molecule has 35 heavy (non-hydrogen) atoms. The minimum Gasteiger partial charge on any atom is -0.349 e. The number of benzene rings is 2. The molecule has 2 aromatic carbocycles. The van der Waals surface area contributed by atoms with Crippen LogP contribution in [0.15, 0.2) is 48.5 Å². The van der Waals surface area contributed by atoms with Gasteiger partial charge < -0.3 is 10.6 Å². The minimum absolute atomic E-state index is 0.0723. The monoisotopic (exact) mass is 514 g/mol. The Morgan fingerprint density at radius 2 is 1.11 bits per heavy atom. The first-order chi connectivity index (χ1) is 16.8. The molecule has 0 saturated heterocycles. The molecule has 2 N–H and O–H groups in total. The van der Waals surface area contributed by atoms with Gasteiger partial charge in [-0.25, -0.2) is 0 Å². The first-order valence-electron chi connectivity index (χ1n) is 12.9. The maximum atomic E-state index is 12.7. The standard InChI is InChI=1S/C29H36Cl2N2O2/c1-18-15-20(11-13-26(18)32-28(34)22-7-3-5-9-24(22)30)17-21-12-14-27(19(2)16-21)33-29(35)23-8-4-6-10-25(23)31/h3-10,18-21,26-27H,11-17H2,1-2H3,(H,32,34)(H,33,35)/t18-,19-,20-,21-,26-,27+/m1/s1. The van der Waals surface area contributed by atoms with Gasteiger partial charge >= 0.3 is 0 Å². The maximum Gasteiger partial charge on any atom is 0.253 e. The van der Waals surface area contributed by atoms with E-state index in [1.54, 1.807) is 24.3 Å². The van der Waals surface area contributed by atoms with Crippen LogP contribution in [-0.2, 0) is 0 Å². The quantitative estimate of drug-likeness (QED) is 0.429. The molecule has 0 bridgehead atoms. The summed E-state index contributed by atoms with van der Waals surface area (Å²) in [6.45, 7) is 4.51. The van der Waals surface area contributed by atoms with Gasteiger partial charge in [0.05, 0.1) is 21.2 Å². The molecule has 6 heteroatoms. The molecule has 4 rings (SSSR count). The van der Waals surface area contributed by atoms with Gasteiger partial charge in [0.25, 0.3) is 11.8 Å². The van der Waals surface area contributed by atoms with Gasteiger partial charge in [-0.15, -0.1) is 0 Å². The highest BCUT2D eigenvalue weighted by Crippen LogP contribution is 2.39. The lowest BCUT2D eigenvalue weighted by Gasteiger charge is -2.39. The van der Waals surface area contributed by atoms with Crippen molar-refractivity contribution in [2.24, 2.45) is 23.7 Å². The molecule has 2 aromatic rings. The Morgan fingerprint density at radius 3 is 1.49 bits per heavy atom. The second kappa shape index (κ2) is 11.8. The van der Waals surface area contributed by atoms with E-state index in [1.165, 1.54) is 6.42 Å². The lowest BCUT2D eigenvalue weighted by atomic mass is 9.70. The number of hydrogen-bond donors (Lipinski definition) is 2. The van der Waals surface area contributed by atoms with E-state index in [0.717, 1.165) is 38.5 Å². The van der Waals surface area contributed by atoms with Crippen molar-refractivity contribution in [3.8, 4) is 0 Å². The van der Waals surface area contributed by atoms with E-state index in [0.29, 0.717) is 44.8 Å². The Bertz CT molecular complexity index is 961. The highest BCUT2D eigenvalue weighted by Gasteiger charge is 2.34. The van der Waals surface area contributed by atoms with Crippen molar-refractivity contribution in [1.82, 2.24) is 10.6 Å². The number of rotatable bonds is 6. The summed E-state index contributed by atoms with van der Waals surface area (Å²) >= 11 is 12.4. The highest BCUT2D eigenvalue weighted by atomic mass is 35.5. The van der Waals surface area contributed by atoms with E-state index in [1.807, 2.05) is 24.3 Å². The average molecular weight is 516 g/mol. The average Bonchev–Trinajstić information content (AvgIpc) is 2.83. The van der Waals surface area contributed by atoms with E-state index in [9.17, 15) is 9.59 Å². The van der Waals surface area contributed by atoms with Gasteiger partial charge in [0.2, 0.25) is 0 Å². The molecule has 2 aliphatic carbocycles. The molecule has 2 saturated carbocycles. The first-order valence-corrected chi connectivity index (χ1v) is 13.7. The molecule has 0 unspecified atom stereocenters. The van der Waals surface area contributed by atoms with Crippen molar-refractivity contribution in [3.05, 3.63) is 69.7 Å². The second-order valence-corrected chi connectivity index (χ2v) is 11.5. The Morgan fingerprint density at radius 1 is 0.714 bits per heavy atom. The smallest absolute Gasteiger partial charge is 0.253 e. The molecule has 4 nitrogen and oxygen atoms in total. The normalized spacial score (nSPS) is 28.8. The molecule has 0 heterocycles. The molecule has 2 amide bonds. The van der Waals surface area contributed by atoms with E-state index in [2.05, 4.69) is 24.5 Å². The van der Waals surface area contributed by atoms with E-state index in [4.69, 9.17) is 23.2 Å². The van der Waals surface area contributed by atoms with Crippen LogP contribution in [0, 0.1) is 23.7 Å². The number of halogens is 2. The van der Waals surface area contributed by atoms with Crippen molar-refractivity contribution in [2.75, 3.05) is 0 Å². The van der Waals surface area contributed by atoms with Crippen molar-refractivity contribution in [3.63, 3.8) is 0 Å². The van der Waals surface area contributed by atoms with Crippen LogP contribution in [0.4, 0.5) is 0 Å². The van der Waals surface area contributed by atoms with Gasteiger partial charge in [-0.3, -0.25) is 9.59 Å². The fraction of sp³-hybridized carbons (Fsp3) is 0.517. The van der Waals surface area contributed by atoms with Crippen LogP contribution in [-0.4, -0.2) is 23.9 Å². The second-order valence-electron chi connectivity index (χ2n) is 10.7. The van der Waals surface area contributed by atoms with Crippen LogP contribution >= 0.6 is 23.2 Å². The molecular weight excluding hydrogens is 479 g/mol. The summed E-state index contributed by atoms with van der Waals surface area (Å²) in [5.41, 5.74) is 1.10. The molecule has 0 aromatic heterocycles. The molecule has 188 valence electrons. The first kappa shape index (κ1) is 26.0. The summed E-state index contributed by atoms with van der Waals surface area (Å²) in [7, 11) is 0. The maximum absolute atomic E-state index is 12.7. The summed E-state index contributed by atoms with van der Waals surface area (Å²) in [4.78, 5) is 25.4. The Hall–Kier alpha value is -2.04. The molecule has 0 radical (unpaired) electrons. The number of amides is 2. The van der Waals surface area contributed by atoms with Crippen molar-refractivity contribution < 1.29 is 9.59 Å². The summed E-state index contributed by atoms with van der Waals surface area (Å²) in [5, 5.41) is 7.45. The molecule has 0 spiro atoms. The number of nitrogens with one attached hydrogen (secondary N) is 2. The Kier molecular flexibility index (Phi) is 8.77. The third-order valence-electron chi connectivity index (χ3n) is 8.09. The minimum atomic E-state index is -0.0723. The largest absolute Gasteiger partial charge is 0.349 e. The van der Waals surface area contributed by atoms with Gasteiger partial charge in [0.1, 0.15) is 0 Å².